The number of nitrogens with one attached hydrogen (secondary N) is 1. The van der Waals surface area contributed by atoms with Crippen LogP contribution in [0.5, 0.6) is 0 Å². The highest BCUT2D eigenvalue weighted by molar-refractivity contribution is 5.25. The molecule has 17 heavy (non-hydrogen) atoms. The number of hydrogen-bond donors (Lipinski definition) is 1. The molecule has 1 aliphatic heterocycles. The normalized spacial score (nSPS) is 20.9. The molecule has 1 fully saturated rings. The van der Waals surface area contributed by atoms with E-state index in [9.17, 15) is 0 Å². The molecule has 1 heterocycles. The van der Waals surface area contributed by atoms with E-state index in [-0.39, 0.29) is 0 Å². The molecule has 94 valence electrons. The first-order chi connectivity index (χ1) is 8.29. The smallest absolute Gasteiger partial charge is 0.0208 e. The summed E-state index contributed by atoms with van der Waals surface area (Å²) in [6, 6.07) is 8.63. The van der Waals surface area contributed by atoms with E-state index in [1.165, 1.54) is 37.2 Å². The number of rotatable bonds is 5. The minimum atomic E-state index is 0.846. The maximum atomic E-state index is 3.60. The Morgan fingerprint density at radius 1 is 1.35 bits per heavy atom. The standard InChI is InChI=1S/C15H24N2/c1-3-17-9-8-14(12-17)10-16-11-15-7-5-4-6-13(15)2/h4-7,14,16H,3,8-12H2,1-2H3. The van der Waals surface area contributed by atoms with Crippen LogP contribution in [0, 0.1) is 12.8 Å². The zero-order valence-corrected chi connectivity index (χ0v) is 11.1. The maximum Gasteiger partial charge on any atom is 0.0208 e. The molecule has 0 radical (unpaired) electrons. The molecular formula is C15H24N2. The average Bonchev–Trinajstić information content (AvgIpc) is 2.80. The molecule has 1 aromatic carbocycles. The lowest BCUT2D eigenvalue weighted by Gasteiger charge is -2.14. The second-order valence-corrected chi connectivity index (χ2v) is 5.11. The third-order valence-electron chi connectivity index (χ3n) is 3.83. The van der Waals surface area contributed by atoms with E-state index in [1.807, 2.05) is 0 Å². The predicted octanol–water partition coefficient (Wildman–Crippen LogP) is 2.43. The van der Waals surface area contributed by atoms with Gasteiger partial charge in [-0.25, -0.2) is 0 Å². The van der Waals surface area contributed by atoms with Gasteiger partial charge in [0.1, 0.15) is 0 Å². The van der Waals surface area contributed by atoms with Crippen LogP contribution >= 0.6 is 0 Å². The molecule has 2 nitrogen and oxygen atoms in total. The summed E-state index contributed by atoms with van der Waals surface area (Å²) in [5, 5.41) is 3.60. The fourth-order valence-electron chi connectivity index (χ4n) is 2.59. The van der Waals surface area contributed by atoms with Crippen LogP contribution in [0.25, 0.3) is 0 Å². The minimum Gasteiger partial charge on any atom is -0.312 e. The van der Waals surface area contributed by atoms with E-state index in [2.05, 4.69) is 48.3 Å². The number of hydrogen-bond acceptors (Lipinski definition) is 2. The topological polar surface area (TPSA) is 15.3 Å². The first-order valence-corrected chi connectivity index (χ1v) is 6.77. The van der Waals surface area contributed by atoms with Gasteiger partial charge in [-0.3, -0.25) is 0 Å². The molecule has 0 aliphatic carbocycles. The largest absolute Gasteiger partial charge is 0.312 e. The maximum absolute atomic E-state index is 3.60. The third kappa shape index (κ3) is 3.55. The lowest BCUT2D eigenvalue weighted by atomic mass is 10.1. The Bertz CT molecular complexity index is 349. The number of benzene rings is 1. The van der Waals surface area contributed by atoms with Crippen LogP contribution in [0.15, 0.2) is 24.3 Å². The monoisotopic (exact) mass is 232 g/mol. The summed E-state index contributed by atoms with van der Waals surface area (Å²) in [6.45, 7) is 10.4. The van der Waals surface area contributed by atoms with Gasteiger partial charge in [-0.05, 0) is 50.0 Å². The third-order valence-corrected chi connectivity index (χ3v) is 3.83. The lowest BCUT2D eigenvalue weighted by Crippen LogP contribution is -2.26. The summed E-state index contributed by atoms with van der Waals surface area (Å²) in [6.07, 6.45) is 1.36. The molecule has 1 saturated heterocycles. The van der Waals surface area contributed by atoms with Crippen LogP contribution in [0.3, 0.4) is 0 Å². The summed E-state index contributed by atoms with van der Waals surface area (Å²) in [5.74, 6) is 0.846. The van der Waals surface area contributed by atoms with E-state index in [4.69, 9.17) is 0 Å². The SMILES string of the molecule is CCN1CCC(CNCc2ccccc2C)C1. The van der Waals surface area contributed by atoms with Crippen molar-refractivity contribution in [1.82, 2.24) is 10.2 Å². The second kappa shape index (κ2) is 6.18. The minimum absolute atomic E-state index is 0.846. The molecule has 1 N–H and O–H groups in total. The van der Waals surface area contributed by atoms with E-state index < -0.39 is 0 Å². The van der Waals surface area contributed by atoms with Gasteiger partial charge >= 0.3 is 0 Å². The zero-order valence-electron chi connectivity index (χ0n) is 11.1. The summed E-state index contributed by atoms with van der Waals surface area (Å²) in [7, 11) is 0. The summed E-state index contributed by atoms with van der Waals surface area (Å²) in [5.41, 5.74) is 2.82. The van der Waals surface area contributed by atoms with Gasteiger partial charge in [0.25, 0.3) is 0 Å². The van der Waals surface area contributed by atoms with Crippen LogP contribution in [0.4, 0.5) is 0 Å². The molecule has 1 atom stereocenters. The van der Waals surface area contributed by atoms with Gasteiger partial charge in [0, 0.05) is 13.1 Å². The molecule has 0 bridgehead atoms. The molecule has 0 saturated carbocycles. The van der Waals surface area contributed by atoms with Gasteiger partial charge in [-0.1, -0.05) is 31.2 Å². The molecule has 1 aromatic rings. The Hall–Kier alpha value is -0.860. The van der Waals surface area contributed by atoms with Gasteiger partial charge in [0.15, 0.2) is 0 Å². The van der Waals surface area contributed by atoms with Gasteiger partial charge in [-0.15, -0.1) is 0 Å². The van der Waals surface area contributed by atoms with Crippen molar-refractivity contribution in [3.05, 3.63) is 35.4 Å². The number of nitrogens with zero attached hydrogens (tertiary/aromatic N) is 1. The first kappa shape index (κ1) is 12.6. The van der Waals surface area contributed by atoms with E-state index in [0.717, 1.165) is 19.0 Å². The quantitative estimate of drug-likeness (QED) is 0.839. The summed E-state index contributed by atoms with van der Waals surface area (Å²) in [4.78, 5) is 2.54. The second-order valence-electron chi connectivity index (χ2n) is 5.11. The molecule has 0 aromatic heterocycles. The van der Waals surface area contributed by atoms with Crippen molar-refractivity contribution in [3.63, 3.8) is 0 Å². The van der Waals surface area contributed by atoms with Crippen molar-refractivity contribution in [2.75, 3.05) is 26.2 Å². The van der Waals surface area contributed by atoms with Crippen molar-refractivity contribution in [2.24, 2.45) is 5.92 Å². The van der Waals surface area contributed by atoms with Gasteiger partial charge in [0.05, 0.1) is 0 Å². The average molecular weight is 232 g/mol. The van der Waals surface area contributed by atoms with Crippen molar-refractivity contribution in [1.29, 1.82) is 0 Å². The van der Waals surface area contributed by atoms with E-state index in [1.54, 1.807) is 0 Å². The Kier molecular flexibility index (Phi) is 4.57. The Labute approximate surface area is 105 Å². The van der Waals surface area contributed by atoms with Crippen LogP contribution in [0.2, 0.25) is 0 Å². The molecule has 1 unspecified atom stereocenters. The molecule has 1 aliphatic rings. The Morgan fingerprint density at radius 2 is 2.18 bits per heavy atom. The van der Waals surface area contributed by atoms with Crippen molar-refractivity contribution < 1.29 is 0 Å². The number of likely N-dealkylation sites (tertiary alicyclic amines) is 1. The molecule has 2 rings (SSSR count). The highest BCUT2D eigenvalue weighted by atomic mass is 15.1. The predicted molar refractivity (Wildman–Crippen MR) is 73.1 cm³/mol. The van der Waals surface area contributed by atoms with Crippen LogP contribution in [-0.2, 0) is 6.54 Å². The Morgan fingerprint density at radius 3 is 2.88 bits per heavy atom. The van der Waals surface area contributed by atoms with Crippen molar-refractivity contribution >= 4 is 0 Å². The van der Waals surface area contributed by atoms with Crippen molar-refractivity contribution in [2.45, 2.75) is 26.8 Å². The van der Waals surface area contributed by atoms with Gasteiger partial charge in [0.2, 0.25) is 0 Å². The first-order valence-electron chi connectivity index (χ1n) is 6.77. The van der Waals surface area contributed by atoms with Gasteiger partial charge < -0.3 is 10.2 Å². The van der Waals surface area contributed by atoms with Crippen LogP contribution < -0.4 is 5.32 Å². The molecule has 0 amide bonds. The Balaban J connectivity index is 1.72. The highest BCUT2D eigenvalue weighted by Crippen LogP contribution is 2.15. The molecule has 0 spiro atoms. The fraction of sp³-hybridized carbons (Fsp3) is 0.600. The molecular weight excluding hydrogens is 208 g/mol. The fourth-order valence-corrected chi connectivity index (χ4v) is 2.59. The summed E-state index contributed by atoms with van der Waals surface area (Å²) >= 11 is 0. The van der Waals surface area contributed by atoms with Crippen LogP contribution in [-0.4, -0.2) is 31.1 Å². The zero-order chi connectivity index (χ0) is 12.1. The van der Waals surface area contributed by atoms with E-state index >= 15 is 0 Å². The number of aryl methyl sites for hydroxylation is 1. The van der Waals surface area contributed by atoms with Gasteiger partial charge in [-0.2, -0.15) is 0 Å². The summed E-state index contributed by atoms with van der Waals surface area (Å²) < 4.78 is 0. The van der Waals surface area contributed by atoms with E-state index in [0.29, 0.717) is 0 Å². The lowest BCUT2D eigenvalue weighted by molar-refractivity contribution is 0.339. The molecule has 2 heteroatoms. The van der Waals surface area contributed by atoms with Crippen molar-refractivity contribution in [3.8, 4) is 0 Å². The van der Waals surface area contributed by atoms with Crippen LogP contribution in [0.1, 0.15) is 24.5 Å². The highest BCUT2D eigenvalue weighted by Gasteiger charge is 2.20.